The second-order valence-electron chi connectivity index (χ2n) is 6.61. The van der Waals surface area contributed by atoms with Crippen molar-refractivity contribution in [1.29, 1.82) is 5.41 Å². The summed E-state index contributed by atoms with van der Waals surface area (Å²) in [6.45, 7) is 0. The van der Waals surface area contributed by atoms with E-state index in [1.807, 2.05) is 60.7 Å². The number of benzene rings is 3. The zero-order chi connectivity index (χ0) is 24.6. The quantitative estimate of drug-likeness (QED) is 0.240. The molecule has 0 fully saturated rings. The number of nitrogen functional groups attached to an aromatic ring is 1. The normalized spacial score (nSPS) is 10.9. The van der Waals surface area contributed by atoms with Crippen LogP contribution in [0.2, 0.25) is 0 Å². The number of alkyl halides is 3. The number of hydrogen-bond donors (Lipinski definition) is 4. The van der Waals surface area contributed by atoms with Crippen LogP contribution < -0.4 is 5.73 Å². The Bertz CT molecular complexity index is 1190. The number of aliphatic carboxylic acids is 1. The van der Waals surface area contributed by atoms with E-state index in [0.29, 0.717) is 11.1 Å². The third kappa shape index (κ3) is 7.06. The minimum Gasteiger partial charge on any atom is -0.478 e. The molecular weight excluding hydrogens is 437 g/mol. The minimum absolute atomic E-state index is 0.0381. The van der Waals surface area contributed by atoms with Crippen LogP contribution in [-0.2, 0) is 4.79 Å². The van der Waals surface area contributed by atoms with Gasteiger partial charge in [-0.2, -0.15) is 13.2 Å². The van der Waals surface area contributed by atoms with Gasteiger partial charge >= 0.3 is 18.1 Å². The molecular formula is C24H19F3N2O4. The van der Waals surface area contributed by atoms with Crippen molar-refractivity contribution in [3.8, 4) is 11.1 Å². The largest absolute Gasteiger partial charge is 0.490 e. The summed E-state index contributed by atoms with van der Waals surface area (Å²) in [5, 5.41) is 24.0. The van der Waals surface area contributed by atoms with Crippen molar-refractivity contribution in [1.82, 2.24) is 0 Å². The summed E-state index contributed by atoms with van der Waals surface area (Å²) in [4.78, 5) is 20.4. The van der Waals surface area contributed by atoms with Gasteiger partial charge in [0.15, 0.2) is 0 Å². The number of rotatable bonds is 5. The summed E-state index contributed by atoms with van der Waals surface area (Å²) in [6, 6.07) is 22.1. The molecule has 0 aliphatic heterocycles. The Morgan fingerprint density at radius 3 is 1.85 bits per heavy atom. The predicted molar refractivity (Wildman–Crippen MR) is 119 cm³/mol. The van der Waals surface area contributed by atoms with Crippen molar-refractivity contribution in [3.05, 3.63) is 95.1 Å². The smallest absolute Gasteiger partial charge is 0.478 e. The van der Waals surface area contributed by atoms with Gasteiger partial charge in [-0.05, 0) is 28.3 Å². The van der Waals surface area contributed by atoms with Crippen molar-refractivity contribution in [3.63, 3.8) is 0 Å². The molecule has 0 atom stereocenters. The lowest BCUT2D eigenvalue weighted by atomic mass is 9.95. The van der Waals surface area contributed by atoms with Gasteiger partial charge in [-0.25, -0.2) is 9.59 Å². The third-order valence-electron chi connectivity index (χ3n) is 4.33. The summed E-state index contributed by atoms with van der Waals surface area (Å²) in [6.07, 6.45) is -1.18. The van der Waals surface area contributed by atoms with Gasteiger partial charge in [-0.1, -0.05) is 78.9 Å². The molecule has 3 aromatic rings. The first-order chi connectivity index (χ1) is 15.5. The van der Waals surface area contributed by atoms with Crippen molar-refractivity contribution >= 4 is 29.9 Å². The number of hydrogen-bond acceptors (Lipinski definition) is 3. The number of nitrogens with one attached hydrogen (secondary N) is 1. The van der Waals surface area contributed by atoms with Gasteiger partial charge in [0.2, 0.25) is 0 Å². The Balaban J connectivity index is 0.000000479. The van der Waals surface area contributed by atoms with E-state index in [1.54, 1.807) is 24.3 Å². The van der Waals surface area contributed by atoms with Crippen molar-refractivity contribution in [2.45, 2.75) is 6.18 Å². The number of aromatic carboxylic acids is 1. The molecule has 3 aromatic carbocycles. The molecule has 9 heteroatoms. The number of carboxylic acid groups (broad SMARTS) is 2. The van der Waals surface area contributed by atoms with E-state index in [0.717, 1.165) is 16.7 Å². The molecule has 0 aliphatic carbocycles. The first-order valence-electron chi connectivity index (χ1n) is 9.35. The minimum atomic E-state index is -5.08. The van der Waals surface area contributed by atoms with Crippen LogP contribution in [0.3, 0.4) is 0 Å². The molecule has 6 nitrogen and oxygen atoms in total. The van der Waals surface area contributed by atoms with Crippen LogP contribution in [0.15, 0.2) is 72.8 Å². The molecule has 170 valence electrons. The molecule has 0 saturated heterocycles. The second-order valence-corrected chi connectivity index (χ2v) is 6.61. The van der Waals surface area contributed by atoms with Crippen molar-refractivity contribution in [2.24, 2.45) is 5.73 Å². The molecule has 0 aromatic heterocycles. The number of carbonyl (C=O) groups is 2. The maximum absolute atomic E-state index is 11.5. The van der Waals surface area contributed by atoms with Gasteiger partial charge in [0.1, 0.15) is 5.84 Å². The molecule has 0 saturated carbocycles. The summed E-state index contributed by atoms with van der Waals surface area (Å²) >= 11 is 0. The van der Waals surface area contributed by atoms with E-state index >= 15 is 0 Å². The maximum Gasteiger partial charge on any atom is 0.490 e. The van der Waals surface area contributed by atoms with Gasteiger partial charge in [-0.15, -0.1) is 0 Å². The fourth-order valence-electron chi connectivity index (χ4n) is 2.75. The van der Waals surface area contributed by atoms with Crippen molar-refractivity contribution in [2.75, 3.05) is 0 Å². The number of carboxylic acids is 2. The van der Waals surface area contributed by atoms with Crippen LogP contribution in [0.4, 0.5) is 13.2 Å². The molecule has 0 spiro atoms. The third-order valence-corrected chi connectivity index (χ3v) is 4.33. The number of nitrogens with two attached hydrogens (primary N) is 1. The maximum atomic E-state index is 11.5. The second kappa shape index (κ2) is 10.8. The lowest BCUT2D eigenvalue weighted by Crippen LogP contribution is -2.21. The molecule has 0 aliphatic rings. The monoisotopic (exact) mass is 456 g/mol. The highest BCUT2D eigenvalue weighted by molar-refractivity contribution is 5.98. The highest BCUT2D eigenvalue weighted by Crippen LogP contribution is 2.28. The highest BCUT2D eigenvalue weighted by Gasteiger charge is 2.38. The summed E-state index contributed by atoms with van der Waals surface area (Å²) < 4.78 is 31.7. The molecule has 0 radical (unpaired) electrons. The lowest BCUT2D eigenvalue weighted by Gasteiger charge is -2.09. The number of amidine groups is 1. The lowest BCUT2D eigenvalue weighted by molar-refractivity contribution is -0.192. The van der Waals surface area contributed by atoms with E-state index in [2.05, 4.69) is 0 Å². The Labute approximate surface area is 186 Å². The molecule has 0 amide bonds. The summed E-state index contributed by atoms with van der Waals surface area (Å²) in [5.74, 6) is -3.66. The standard InChI is InChI=1S/C22H18N2O2.C2HF3O2/c23-21(24)17-13-10-15(11-14-17)9-12-16-5-1-2-6-18(16)19-7-3-4-8-20(19)22(25)26;3-2(4,5)1(6)7/h1-14H,(H3,23,24)(H,25,26);(H,6,7)/b12-9+;. The van der Waals surface area contributed by atoms with Gasteiger partial charge in [-0.3, -0.25) is 5.41 Å². The van der Waals surface area contributed by atoms with Crippen LogP contribution in [0, 0.1) is 5.41 Å². The van der Waals surface area contributed by atoms with Crippen LogP contribution in [0.1, 0.15) is 27.0 Å². The molecule has 0 bridgehead atoms. The van der Waals surface area contributed by atoms with E-state index in [4.69, 9.17) is 21.0 Å². The summed E-state index contributed by atoms with van der Waals surface area (Å²) in [7, 11) is 0. The van der Waals surface area contributed by atoms with Crippen molar-refractivity contribution < 1.29 is 33.0 Å². The first kappa shape index (κ1) is 24.9. The van der Waals surface area contributed by atoms with E-state index < -0.39 is 18.1 Å². The van der Waals surface area contributed by atoms with E-state index in [-0.39, 0.29) is 11.4 Å². The SMILES string of the molecule is N=C(N)c1ccc(/C=C/c2ccccc2-c2ccccc2C(=O)O)cc1.O=C(O)C(F)(F)F. The van der Waals surface area contributed by atoms with Gasteiger partial charge in [0, 0.05) is 5.56 Å². The predicted octanol–water partition coefficient (Wildman–Crippen LogP) is 5.14. The molecule has 0 unspecified atom stereocenters. The zero-order valence-corrected chi connectivity index (χ0v) is 17.0. The Hall–Kier alpha value is -4.40. The molecule has 5 N–H and O–H groups in total. The van der Waals surface area contributed by atoms with Gasteiger partial charge in [0.25, 0.3) is 0 Å². The Morgan fingerprint density at radius 1 is 0.818 bits per heavy atom. The molecule has 33 heavy (non-hydrogen) atoms. The Morgan fingerprint density at radius 2 is 1.33 bits per heavy atom. The van der Waals surface area contributed by atoms with Crippen LogP contribution in [0.25, 0.3) is 23.3 Å². The topological polar surface area (TPSA) is 124 Å². The molecule has 3 rings (SSSR count). The van der Waals surface area contributed by atoms with E-state index in [1.165, 1.54) is 0 Å². The summed E-state index contributed by atoms with van der Waals surface area (Å²) in [5.41, 5.74) is 9.87. The average Bonchev–Trinajstić information content (AvgIpc) is 2.78. The van der Waals surface area contributed by atoms with E-state index in [9.17, 15) is 23.1 Å². The molecule has 0 heterocycles. The van der Waals surface area contributed by atoms with Crippen LogP contribution in [0.5, 0.6) is 0 Å². The fourth-order valence-corrected chi connectivity index (χ4v) is 2.75. The first-order valence-corrected chi connectivity index (χ1v) is 9.35. The van der Waals surface area contributed by atoms with Gasteiger partial charge in [0.05, 0.1) is 5.56 Å². The number of halogens is 3. The Kier molecular flexibility index (Phi) is 8.11. The highest BCUT2D eigenvalue weighted by atomic mass is 19.4. The van der Waals surface area contributed by atoms with Gasteiger partial charge < -0.3 is 15.9 Å². The average molecular weight is 456 g/mol. The van der Waals surface area contributed by atoms with Crippen LogP contribution >= 0.6 is 0 Å². The fraction of sp³-hybridized carbons (Fsp3) is 0.0417. The zero-order valence-electron chi connectivity index (χ0n) is 17.0. The van der Waals surface area contributed by atoms with Crippen LogP contribution in [-0.4, -0.2) is 34.2 Å².